The second-order valence-electron chi connectivity index (χ2n) is 2.82. The lowest BCUT2D eigenvalue weighted by Crippen LogP contribution is -1.84. The summed E-state index contributed by atoms with van der Waals surface area (Å²) in [7, 11) is 1.53. The number of nitrogens with zero attached hydrogens (tertiary/aromatic N) is 1. The number of benzene rings is 1. The van der Waals surface area contributed by atoms with E-state index in [1.54, 1.807) is 6.21 Å². The molecule has 0 spiro atoms. The molecular formula is C11H13NO. The fourth-order valence-corrected chi connectivity index (χ4v) is 0.998. The monoisotopic (exact) mass is 175 g/mol. The van der Waals surface area contributed by atoms with Crippen molar-refractivity contribution >= 4 is 11.8 Å². The van der Waals surface area contributed by atoms with Crippen LogP contribution in [-0.4, -0.2) is 13.3 Å². The van der Waals surface area contributed by atoms with Crippen LogP contribution in [0.2, 0.25) is 0 Å². The Hall–Kier alpha value is -1.57. The molecule has 0 fully saturated rings. The minimum absolute atomic E-state index is 1.02. The molecule has 0 aliphatic heterocycles. The van der Waals surface area contributed by atoms with Gasteiger partial charge in [0.1, 0.15) is 7.11 Å². The number of oxime groups is 1. The maximum absolute atomic E-state index is 4.59. The summed E-state index contributed by atoms with van der Waals surface area (Å²) in [4.78, 5) is 4.59. The SMILES string of the molecule is C=C(C)c1cccc(C=NOC)c1. The van der Waals surface area contributed by atoms with Crippen LogP contribution in [0, 0.1) is 0 Å². The molecular weight excluding hydrogens is 162 g/mol. The van der Waals surface area contributed by atoms with Crippen LogP contribution < -0.4 is 0 Å². The van der Waals surface area contributed by atoms with Gasteiger partial charge in [-0.1, -0.05) is 35.5 Å². The predicted molar refractivity (Wildman–Crippen MR) is 55.8 cm³/mol. The van der Waals surface area contributed by atoms with E-state index in [0.717, 1.165) is 16.7 Å². The largest absolute Gasteiger partial charge is 0.399 e. The first kappa shape index (κ1) is 9.52. The molecule has 0 N–H and O–H groups in total. The molecule has 0 heterocycles. The van der Waals surface area contributed by atoms with E-state index in [0.29, 0.717) is 0 Å². The zero-order valence-corrected chi connectivity index (χ0v) is 7.95. The van der Waals surface area contributed by atoms with Crippen molar-refractivity contribution in [3.63, 3.8) is 0 Å². The Labute approximate surface area is 78.5 Å². The molecule has 0 unspecified atom stereocenters. The first-order chi connectivity index (χ1) is 6.24. The molecule has 1 aromatic rings. The van der Waals surface area contributed by atoms with Crippen molar-refractivity contribution in [2.24, 2.45) is 5.16 Å². The molecule has 0 bridgehead atoms. The third-order valence-corrected chi connectivity index (χ3v) is 1.69. The summed E-state index contributed by atoms with van der Waals surface area (Å²) in [5.74, 6) is 0. The highest BCUT2D eigenvalue weighted by molar-refractivity contribution is 5.81. The van der Waals surface area contributed by atoms with Gasteiger partial charge in [-0.25, -0.2) is 0 Å². The second-order valence-corrected chi connectivity index (χ2v) is 2.82. The molecule has 0 amide bonds. The van der Waals surface area contributed by atoms with Crippen molar-refractivity contribution in [2.45, 2.75) is 6.92 Å². The summed E-state index contributed by atoms with van der Waals surface area (Å²) >= 11 is 0. The maximum Gasteiger partial charge on any atom is 0.106 e. The molecule has 0 saturated heterocycles. The van der Waals surface area contributed by atoms with Crippen molar-refractivity contribution in [3.05, 3.63) is 42.0 Å². The van der Waals surface area contributed by atoms with Crippen LogP contribution >= 0.6 is 0 Å². The molecule has 2 nitrogen and oxygen atoms in total. The van der Waals surface area contributed by atoms with E-state index in [1.165, 1.54) is 7.11 Å². The second kappa shape index (κ2) is 4.45. The lowest BCUT2D eigenvalue weighted by atomic mass is 10.1. The number of hydrogen-bond acceptors (Lipinski definition) is 2. The van der Waals surface area contributed by atoms with E-state index >= 15 is 0 Å². The third-order valence-electron chi connectivity index (χ3n) is 1.69. The minimum atomic E-state index is 1.02. The maximum atomic E-state index is 4.59. The Balaban J connectivity index is 2.92. The Morgan fingerprint density at radius 1 is 1.54 bits per heavy atom. The van der Waals surface area contributed by atoms with Crippen LogP contribution in [0.15, 0.2) is 36.0 Å². The van der Waals surface area contributed by atoms with Crippen LogP contribution in [0.3, 0.4) is 0 Å². The molecule has 0 atom stereocenters. The highest BCUT2D eigenvalue weighted by Gasteiger charge is 1.93. The average molecular weight is 175 g/mol. The number of allylic oxidation sites excluding steroid dienone is 1. The molecule has 0 saturated carbocycles. The van der Waals surface area contributed by atoms with Gasteiger partial charge in [-0.3, -0.25) is 0 Å². The molecule has 0 aliphatic rings. The van der Waals surface area contributed by atoms with Crippen molar-refractivity contribution in [1.29, 1.82) is 0 Å². The average Bonchev–Trinajstić information content (AvgIpc) is 2.15. The summed E-state index contributed by atoms with van der Waals surface area (Å²) in [6.07, 6.45) is 1.67. The number of rotatable bonds is 3. The van der Waals surface area contributed by atoms with E-state index in [1.807, 2.05) is 31.2 Å². The van der Waals surface area contributed by atoms with E-state index < -0.39 is 0 Å². The van der Waals surface area contributed by atoms with Crippen LogP contribution in [0.4, 0.5) is 0 Å². The standard InChI is InChI=1S/C11H13NO/c1-9(2)11-6-4-5-10(7-11)8-12-13-3/h4-8H,1H2,2-3H3. The van der Waals surface area contributed by atoms with Crippen molar-refractivity contribution in [3.8, 4) is 0 Å². The lowest BCUT2D eigenvalue weighted by Gasteiger charge is -1.99. The smallest absolute Gasteiger partial charge is 0.106 e. The van der Waals surface area contributed by atoms with Gasteiger partial charge in [0.05, 0.1) is 6.21 Å². The predicted octanol–water partition coefficient (Wildman–Crippen LogP) is 2.70. The molecule has 1 aromatic carbocycles. The van der Waals surface area contributed by atoms with Crippen molar-refractivity contribution in [1.82, 2.24) is 0 Å². The molecule has 0 aromatic heterocycles. The van der Waals surface area contributed by atoms with Crippen LogP contribution in [0.5, 0.6) is 0 Å². The molecule has 68 valence electrons. The normalized spacial score (nSPS) is 10.3. The fourth-order valence-electron chi connectivity index (χ4n) is 0.998. The van der Waals surface area contributed by atoms with Gasteiger partial charge in [-0.05, 0) is 24.1 Å². The summed E-state index contributed by atoms with van der Waals surface area (Å²) in [5, 5.41) is 3.69. The van der Waals surface area contributed by atoms with Gasteiger partial charge in [0.15, 0.2) is 0 Å². The number of hydrogen-bond donors (Lipinski definition) is 0. The molecule has 13 heavy (non-hydrogen) atoms. The first-order valence-corrected chi connectivity index (χ1v) is 4.06. The van der Waals surface area contributed by atoms with E-state index in [2.05, 4.69) is 16.6 Å². The van der Waals surface area contributed by atoms with Gasteiger partial charge < -0.3 is 4.84 Å². The zero-order chi connectivity index (χ0) is 9.68. The summed E-state index contributed by atoms with van der Waals surface area (Å²) in [6, 6.07) is 7.98. The van der Waals surface area contributed by atoms with Crippen LogP contribution in [-0.2, 0) is 4.84 Å². The Morgan fingerprint density at radius 2 is 2.31 bits per heavy atom. The lowest BCUT2D eigenvalue weighted by molar-refractivity contribution is 0.215. The van der Waals surface area contributed by atoms with E-state index in [-0.39, 0.29) is 0 Å². The van der Waals surface area contributed by atoms with Crippen molar-refractivity contribution in [2.75, 3.05) is 7.11 Å². The zero-order valence-electron chi connectivity index (χ0n) is 7.95. The topological polar surface area (TPSA) is 21.6 Å². The highest BCUT2D eigenvalue weighted by atomic mass is 16.6. The van der Waals surface area contributed by atoms with Gasteiger partial charge in [0.25, 0.3) is 0 Å². The quantitative estimate of drug-likeness (QED) is 0.511. The van der Waals surface area contributed by atoms with Gasteiger partial charge in [-0.15, -0.1) is 0 Å². The fraction of sp³-hybridized carbons (Fsp3) is 0.182. The summed E-state index contributed by atoms with van der Waals surface area (Å²) in [5.41, 5.74) is 3.19. The molecule has 1 rings (SSSR count). The van der Waals surface area contributed by atoms with Crippen LogP contribution in [0.25, 0.3) is 5.57 Å². The Morgan fingerprint density at radius 3 is 2.92 bits per heavy atom. The first-order valence-electron chi connectivity index (χ1n) is 4.06. The van der Waals surface area contributed by atoms with Gasteiger partial charge in [0, 0.05) is 0 Å². The molecule has 2 heteroatoms. The van der Waals surface area contributed by atoms with E-state index in [4.69, 9.17) is 0 Å². The Kier molecular flexibility index (Phi) is 3.26. The summed E-state index contributed by atoms with van der Waals surface area (Å²) < 4.78 is 0. The van der Waals surface area contributed by atoms with Crippen molar-refractivity contribution < 1.29 is 4.84 Å². The third kappa shape index (κ3) is 2.75. The minimum Gasteiger partial charge on any atom is -0.399 e. The highest BCUT2D eigenvalue weighted by Crippen LogP contribution is 2.11. The van der Waals surface area contributed by atoms with E-state index in [9.17, 15) is 0 Å². The summed E-state index contributed by atoms with van der Waals surface area (Å²) in [6.45, 7) is 5.85. The van der Waals surface area contributed by atoms with Gasteiger partial charge in [-0.2, -0.15) is 0 Å². The molecule has 0 radical (unpaired) electrons. The molecule has 0 aliphatic carbocycles. The van der Waals surface area contributed by atoms with Gasteiger partial charge in [0.2, 0.25) is 0 Å². The Bertz CT molecular complexity index is 329. The van der Waals surface area contributed by atoms with Gasteiger partial charge >= 0.3 is 0 Å². The van der Waals surface area contributed by atoms with Crippen LogP contribution in [0.1, 0.15) is 18.1 Å².